The second kappa shape index (κ2) is 13.4. The number of carbonyl (C=O) groups excluding carboxylic acids is 2. The summed E-state index contributed by atoms with van der Waals surface area (Å²) in [6.45, 7) is 4.80. The summed E-state index contributed by atoms with van der Waals surface area (Å²) in [5, 5.41) is 2.57. The molecule has 1 N–H and O–H groups in total. The highest BCUT2D eigenvalue weighted by Gasteiger charge is 2.33. The molecular formula is C30H37N3O7S. The number of sulfonamides is 1. The first-order valence-electron chi connectivity index (χ1n) is 12.9. The van der Waals surface area contributed by atoms with E-state index < -0.39 is 28.5 Å². The van der Waals surface area contributed by atoms with Crippen molar-refractivity contribution in [2.75, 3.05) is 39.2 Å². The molecule has 1 atom stereocenters. The van der Waals surface area contributed by atoms with Crippen molar-refractivity contribution < 1.29 is 32.2 Å². The molecule has 2 amide bonds. The van der Waals surface area contributed by atoms with Crippen LogP contribution in [0.3, 0.4) is 0 Å². The largest absolute Gasteiger partial charge is 0.497 e. The van der Waals surface area contributed by atoms with Gasteiger partial charge in [-0.25, -0.2) is 8.42 Å². The van der Waals surface area contributed by atoms with E-state index in [2.05, 4.69) is 5.32 Å². The van der Waals surface area contributed by atoms with Crippen molar-refractivity contribution >= 4 is 27.5 Å². The Kier molecular flexibility index (Phi) is 10.2. The number of carbonyl (C=O) groups is 2. The van der Waals surface area contributed by atoms with Crippen LogP contribution in [0.15, 0.2) is 65.6 Å². The molecule has 0 aliphatic heterocycles. The smallest absolute Gasteiger partial charge is 0.264 e. The van der Waals surface area contributed by atoms with Gasteiger partial charge in [-0.3, -0.25) is 13.9 Å². The van der Waals surface area contributed by atoms with Crippen LogP contribution in [0.4, 0.5) is 5.69 Å². The minimum Gasteiger partial charge on any atom is -0.497 e. The monoisotopic (exact) mass is 583 g/mol. The lowest BCUT2D eigenvalue weighted by molar-refractivity contribution is -0.139. The zero-order valence-electron chi connectivity index (χ0n) is 24.4. The van der Waals surface area contributed by atoms with Crippen molar-refractivity contribution in [2.45, 2.75) is 38.3 Å². The third-order valence-corrected chi connectivity index (χ3v) is 8.39. The van der Waals surface area contributed by atoms with Gasteiger partial charge in [0.2, 0.25) is 11.8 Å². The van der Waals surface area contributed by atoms with E-state index in [-0.39, 0.29) is 23.1 Å². The molecule has 10 nitrogen and oxygen atoms in total. The molecular weight excluding hydrogens is 546 g/mol. The van der Waals surface area contributed by atoms with Crippen molar-refractivity contribution in [3.63, 3.8) is 0 Å². The lowest BCUT2D eigenvalue weighted by Gasteiger charge is -2.32. The van der Waals surface area contributed by atoms with Gasteiger partial charge in [-0.1, -0.05) is 18.2 Å². The Hall–Kier alpha value is -4.25. The van der Waals surface area contributed by atoms with Crippen LogP contribution in [0.25, 0.3) is 0 Å². The summed E-state index contributed by atoms with van der Waals surface area (Å²) < 4.78 is 45.3. The van der Waals surface area contributed by atoms with Crippen LogP contribution in [-0.2, 0) is 26.2 Å². The van der Waals surface area contributed by atoms with Gasteiger partial charge in [0, 0.05) is 19.7 Å². The normalized spacial score (nSPS) is 11.8. The fraction of sp³-hybridized carbons (Fsp3) is 0.333. The number of nitrogens with one attached hydrogen (secondary N) is 1. The van der Waals surface area contributed by atoms with Crippen LogP contribution < -0.4 is 23.8 Å². The summed E-state index contributed by atoms with van der Waals surface area (Å²) in [6.07, 6.45) is 0. The molecule has 0 saturated carbocycles. The molecule has 0 fully saturated rings. The Bertz CT molecular complexity index is 1490. The van der Waals surface area contributed by atoms with Crippen molar-refractivity contribution in [1.82, 2.24) is 10.2 Å². The maximum atomic E-state index is 14.1. The zero-order valence-corrected chi connectivity index (χ0v) is 25.2. The van der Waals surface area contributed by atoms with E-state index in [1.54, 1.807) is 43.3 Å². The number of amides is 2. The van der Waals surface area contributed by atoms with Crippen LogP contribution in [0.5, 0.6) is 17.2 Å². The number of nitrogens with zero attached hydrogens (tertiary/aromatic N) is 2. The van der Waals surface area contributed by atoms with Crippen molar-refractivity contribution in [2.24, 2.45) is 0 Å². The summed E-state index contributed by atoms with van der Waals surface area (Å²) in [6, 6.07) is 15.8. The fourth-order valence-electron chi connectivity index (χ4n) is 4.49. The molecule has 0 radical (unpaired) electrons. The number of hydrogen-bond donors (Lipinski definition) is 1. The average molecular weight is 584 g/mol. The number of hydrogen-bond acceptors (Lipinski definition) is 7. The molecule has 0 heterocycles. The molecule has 0 spiro atoms. The van der Waals surface area contributed by atoms with Gasteiger partial charge in [-0.15, -0.1) is 0 Å². The first-order chi connectivity index (χ1) is 19.4. The Morgan fingerprint density at radius 2 is 1.54 bits per heavy atom. The molecule has 3 aromatic carbocycles. The highest BCUT2D eigenvalue weighted by atomic mass is 32.2. The Balaban J connectivity index is 2.11. The van der Waals surface area contributed by atoms with E-state index in [0.717, 1.165) is 15.4 Å². The summed E-state index contributed by atoms with van der Waals surface area (Å²) in [7, 11) is 1.61. The Morgan fingerprint density at radius 1 is 0.878 bits per heavy atom. The molecule has 0 bridgehead atoms. The van der Waals surface area contributed by atoms with E-state index in [1.165, 1.54) is 51.5 Å². The van der Waals surface area contributed by atoms with Gasteiger partial charge in [0.15, 0.2) is 11.5 Å². The van der Waals surface area contributed by atoms with E-state index in [4.69, 9.17) is 14.2 Å². The predicted molar refractivity (Wildman–Crippen MR) is 157 cm³/mol. The predicted octanol–water partition coefficient (Wildman–Crippen LogP) is 3.69. The van der Waals surface area contributed by atoms with Gasteiger partial charge >= 0.3 is 0 Å². The lowest BCUT2D eigenvalue weighted by atomic mass is 10.1. The molecule has 3 aromatic rings. The summed E-state index contributed by atoms with van der Waals surface area (Å²) in [5.41, 5.74) is 2.69. The third-order valence-electron chi connectivity index (χ3n) is 6.62. The summed E-state index contributed by atoms with van der Waals surface area (Å²) in [5.74, 6) is 0.238. The number of aryl methyl sites for hydroxylation is 2. The van der Waals surface area contributed by atoms with Crippen molar-refractivity contribution in [3.05, 3.63) is 77.4 Å². The van der Waals surface area contributed by atoms with E-state index in [1.807, 2.05) is 19.9 Å². The summed E-state index contributed by atoms with van der Waals surface area (Å²) >= 11 is 0. The second-order valence-corrected chi connectivity index (χ2v) is 11.4. The van der Waals surface area contributed by atoms with Gasteiger partial charge in [-0.2, -0.15) is 0 Å². The topological polar surface area (TPSA) is 114 Å². The van der Waals surface area contributed by atoms with Crippen LogP contribution in [0.1, 0.15) is 23.6 Å². The molecule has 0 aliphatic carbocycles. The number of likely N-dealkylation sites (N-methyl/N-ethyl adjacent to an activating group) is 1. The molecule has 1 unspecified atom stereocenters. The first-order valence-corrected chi connectivity index (χ1v) is 14.4. The minimum atomic E-state index is -4.28. The van der Waals surface area contributed by atoms with Crippen LogP contribution in [-0.4, -0.2) is 66.1 Å². The number of benzene rings is 3. The molecule has 0 aliphatic rings. The van der Waals surface area contributed by atoms with Gasteiger partial charge in [-0.05, 0) is 73.9 Å². The van der Waals surface area contributed by atoms with Gasteiger partial charge < -0.3 is 24.4 Å². The SMILES string of the molecule is CNC(=O)C(C)N(Cc1cccc(OC)c1)C(=O)CN(c1cc(C)cc(C)c1)S(=O)(=O)c1ccc(OC)c(OC)c1. The highest BCUT2D eigenvalue weighted by Crippen LogP contribution is 2.33. The van der Waals surface area contributed by atoms with Gasteiger partial charge in [0.25, 0.3) is 10.0 Å². The minimum absolute atomic E-state index is 0.0573. The fourth-order valence-corrected chi connectivity index (χ4v) is 5.90. The maximum Gasteiger partial charge on any atom is 0.264 e. The number of methoxy groups -OCH3 is 3. The number of ether oxygens (including phenoxy) is 3. The number of anilines is 1. The van der Waals surface area contributed by atoms with E-state index in [9.17, 15) is 18.0 Å². The number of rotatable bonds is 12. The van der Waals surface area contributed by atoms with E-state index >= 15 is 0 Å². The molecule has 0 saturated heterocycles. The molecule has 0 aromatic heterocycles. The lowest BCUT2D eigenvalue weighted by Crippen LogP contribution is -2.50. The Morgan fingerprint density at radius 3 is 2.12 bits per heavy atom. The molecule has 3 rings (SSSR count). The van der Waals surface area contributed by atoms with Crippen LogP contribution >= 0.6 is 0 Å². The molecule has 11 heteroatoms. The van der Waals surface area contributed by atoms with E-state index in [0.29, 0.717) is 22.7 Å². The quantitative estimate of drug-likeness (QED) is 0.346. The van der Waals surface area contributed by atoms with Crippen molar-refractivity contribution in [3.8, 4) is 17.2 Å². The first kappa shape index (κ1) is 31.3. The second-order valence-electron chi connectivity index (χ2n) is 9.54. The maximum absolute atomic E-state index is 14.1. The molecule has 220 valence electrons. The van der Waals surface area contributed by atoms with Crippen molar-refractivity contribution in [1.29, 1.82) is 0 Å². The zero-order chi connectivity index (χ0) is 30.3. The standard InChI is InChI=1S/C30H37N3O7S/c1-20-13-21(2)15-24(14-20)33(41(36,37)26-11-12-27(39-6)28(17-26)40-7)19-29(34)32(22(3)30(35)31-4)18-23-9-8-10-25(16-23)38-5/h8-17,22H,18-19H2,1-7H3,(H,31,35). The average Bonchev–Trinajstić information content (AvgIpc) is 2.96. The van der Waals surface area contributed by atoms with Gasteiger partial charge in [0.05, 0.1) is 31.9 Å². The summed E-state index contributed by atoms with van der Waals surface area (Å²) in [4.78, 5) is 27.9. The van der Waals surface area contributed by atoms with Gasteiger partial charge in [0.1, 0.15) is 18.3 Å². The van der Waals surface area contributed by atoms with Crippen LogP contribution in [0.2, 0.25) is 0 Å². The highest BCUT2D eigenvalue weighted by molar-refractivity contribution is 7.92. The molecule has 41 heavy (non-hydrogen) atoms. The Labute approximate surface area is 241 Å². The third kappa shape index (κ3) is 7.29. The van der Waals surface area contributed by atoms with Crippen LogP contribution in [0, 0.1) is 13.8 Å².